The minimum absolute atomic E-state index is 0.0564. The molecular weight excluding hydrogens is 569 g/mol. The van der Waals surface area contributed by atoms with Gasteiger partial charge in [0.05, 0.1) is 15.3 Å². The first-order chi connectivity index (χ1) is 19.3. The van der Waals surface area contributed by atoms with Gasteiger partial charge in [-0.05, 0) is 68.8 Å². The zero-order valence-corrected chi connectivity index (χ0v) is 24.5. The molecule has 0 radical (unpaired) electrons. The molecule has 1 aliphatic heterocycles. The number of carbonyl (C=O) groups is 1. The smallest absolute Gasteiger partial charge is 0.410 e. The first-order valence-electron chi connectivity index (χ1n) is 13.0. The van der Waals surface area contributed by atoms with E-state index < -0.39 is 37.6 Å². The van der Waals surface area contributed by atoms with Gasteiger partial charge in [0, 0.05) is 43.3 Å². The maximum Gasteiger partial charge on any atom is 0.410 e. The standard InChI is InChI=1S/C29H30FN3O6S2/c1-29(2,3)39-28(34)31-15-17-32(18-16-31)40(35,36)24-12-9-21(10-13-24)26-20-33(27-19-22(30)11-14-25(26)27)41(37,38)23-7-5-4-6-8-23/h4-14,19-20H,15-18H2,1-3H3. The summed E-state index contributed by atoms with van der Waals surface area (Å²) in [6.45, 7) is 5.98. The van der Waals surface area contributed by atoms with Crippen molar-refractivity contribution in [2.75, 3.05) is 26.2 Å². The number of fused-ring (bicyclic) bond motifs is 1. The Hall–Kier alpha value is -3.74. The van der Waals surface area contributed by atoms with E-state index in [1.807, 2.05) is 0 Å². The van der Waals surface area contributed by atoms with Crippen LogP contribution in [0.25, 0.3) is 22.0 Å². The fraction of sp³-hybridized carbons (Fsp3) is 0.276. The SMILES string of the molecule is CC(C)(C)OC(=O)N1CCN(S(=O)(=O)c2ccc(-c3cn(S(=O)(=O)c4ccccc4)c4cc(F)ccc34)cc2)CC1. The van der Waals surface area contributed by atoms with Crippen LogP contribution in [0.4, 0.5) is 9.18 Å². The highest BCUT2D eigenvalue weighted by molar-refractivity contribution is 7.90. The second-order valence-corrected chi connectivity index (χ2v) is 14.5. The van der Waals surface area contributed by atoms with Crippen molar-refractivity contribution >= 4 is 37.0 Å². The Morgan fingerprint density at radius 1 is 0.805 bits per heavy atom. The third kappa shape index (κ3) is 5.72. The highest BCUT2D eigenvalue weighted by Gasteiger charge is 2.32. The lowest BCUT2D eigenvalue weighted by molar-refractivity contribution is 0.0192. The first kappa shape index (κ1) is 28.8. The molecule has 5 rings (SSSR count). The number of amides is 1. The molecule has 1 amide bonds. The van der Waals surface area contributed by atoms with E-state index in [0.29, 0.717) is 16.5 Å². The summed E-state index contributed by atoms with van der Waals surface area (Å²) in [4.78, 5) is 14.0. The molecule has 0 N–H and O–H groups in total. The van der Waals surface area contributed by atoms with Gasteiger partial charge in [0.1, 0.15) is 11.4 Å². The van der Waals surface area contributed by atoms with Crippen LogP contribution in [-0.4, -0.2) is 67.9 Å². The summed E-state index contributed by atoms with van der Waals surface area (Å²) in [6, 6.07) is 17.9. The van der Waals surface area contributed by atoms with Crippen LogP contribution in [0.15, 0.2) is 88.8 Å². The lowest BCUT2D eigenvalue weighted by Crippen LogP contribution is -2.51. The molecular formula is C29H30FN3O6S2. The first-order valence-corrected chi connectivity index (χ1v) is 15.9. The molecule has 0 atom stereocenters. The van der Waals surface area contributed by atoms with Crippen molar-refractivity contribution in [3.05, 3.63) is 84.8 Å². The van der Waals surface area contributed by atoms with Gasteiger partial charge < -0.3 is 9.64 Å². The number of piperazine rings is 1. The van der Waals surface area contributed by atoms with E-state index >= 15 is 0 Å². The lowest BCUT2D eigenvalue weighted by atomic mass is 10.1. The molecule has 1 aliphatic rings. The fourth-order valence-electron chi connectivity index (χ4n) is 4.70. The number of hydrogen-bond donors (Lipinski definition) is 0. The summed E-state index contributed by atoms with van der Waals surface area (Å²) in [6.07, 6.45) is 0.943. The molecule has 9 nitrogen and oxygen atoms in total. The van der Waals surface area contributed by atoms with E-state index in [0.717, 1.165) is 10.0 Å². The number of hydrogen-bond acceptors (Lipinski definition) is 6. The summed E-state index contributed by atoms with van der Waals surface area (Å²) in [5.74, 6) is -0.583. The third-order valence-corrected chi connectivity index (χ3v) is 10.3. The van der Waals surface area contributed by atoms with Crippen LogP contribution in [0, 0.1) is 5.82 Å². The van der Waals surface area contributed by atoms with E-state index in [9.17, 15) is 26.0 Å². The van der Waals surface area contributed by atoms with Gasteiger partial charge in [0.25, 0.3) is 10.0 Å². The van der Waals surface area contributed by atoms with Crippen LogP contribution in [0.1, 0.15) is 20.8 Å². The lowest BCUT2D eigenvalue weighted by Gasteiger charge is -2.35. The predicted octanol–water partition coefficient (Wildman–Crippen LogP) is 4.93. The zero-order chi connectivity index (χ0) is 29.6. The van der Waals surface area contributed by atoms with Crippen molar-refractivity contribution in [3.63, 3.8) is 0 Å². The number of ether oxygens (including phenoxy) is 1. The molecule has 0 bridgehead atoms. The van der Waals surface area contributed by atoms with E-state index in [1.165, 1.54) is 51.8 Å². The molecule has 3 aromatic carbocycles. The van der Waals surface area contributed by atoms with Gasteiger partial charge >= 0.3 is 6.09 Å². The van der Waals surface area contributed by atoms with Crippen LogP contribution in [-0.2, 0) is 24.8 Å². The number of benzene rings is 3. The molecule has 1 saturated heterocycles. The van der Waals surface area contributed by atoms with E-state index in [-0.39, 0.29) is 41.5 Å². The van der Waals surface area contributed by atoms with Gasteiger partial charge in [-0.15, -0.1) is 0 Å². The number of halogens is 1. The van der Waals surface area contributed by atoms with Crippen LogP contribution < -0.4 is 0 Å². The molecule has 12 heteroatoms. The summed E-state index contributed by atoms with van der Waals surface area (Å²) in [5, 5.41) is 0.500. The molecule has 0 aliphatic carbocycles. The highest BCUT2D eigenvalue weighted by atomic mass is 32.2. The summed E-state index contributed by atoms with van der Waals surface area (Å²) in [7, 11) is -7.87. The normalized spacial score (nSPS) is 15.3. The van der Waals surface area contributed by atoms with Crippen LogP contribution in [0.5, 0.6) is 0 Å². The number of nitrogens with zero attached hydrogens (tertiary/aromatic N) is 3. The summed E-state index contributed by atoms with van der Waals surface area (Å²) < 4.78 is 75.5. The summed E-state index contributed by atoms with van der Waals surface area (Å²) >= 11 is 0. The highest BCUT2D eigenvalue weighted by Crippen LogP contribution is 2.34. The molecule has 0 spiro atoms. The minimum Gasteiger partial charge on any atom is -0.444 e. The summed E-state index contributed by atoms with van der Waals surface area (Å²) in [5.41, 5.74) is 0.601. The molecule has 41 heavy (non-hydrogen) atoms. The Labute approximate surface area is 238 Å². The maximum absolute atomic E-state index is 14.2. The van der Waals surface area contributed by atoms with Gasteiger partial charge in [-0.1, -0.05) is 30.3 Å². The van der Waals surface area contributed by atoms with Crippen molar-refractivity contribution in [1.82, 2.24) is 13.2 Å². The molecule has 0 saturated carbocycles. The quantitative estimate of drug-likeness (QED) is 0.322. The van der Waals surface area contributed by atoms with Gasteiger partial charge in [0.2, 0.25) is 10.0 Å². The molecule has 1 aromatic heterocycles. The average Bonchev–Trinajstić information content (AvgIpc) is 3.32. The Kier molecular flexibility index (Phi) is 7.43. The van der Waals surface area contributed by atoms with Crippen LogP contribution >= 0.6 is 0 Å². The molecule has 0 unspecified atom stereocenters. The van der Waals surface area contributed by atoms with E-state index in [2.05, 4.69) is 0 Å². The zero-order valence-electron chi connectivity index (χ0n) is 22.8. The topological polar surface area (TPSA) is 106 Å². The molecule has 4 aromatic rings. The van der Waals surface area contributed by atoms with E-state index in [4.69, 9.17) is 4.74 Å². The number of rotatable bonds is 5. The van der Waals surface area contributed by atoms with Gasteiger partial charge in [-0.25, -0.2) is 30.0 Å². The predicted molar refractivity (Wildman–Crippen MR) is 153 cm³/mol. The van der Waals surface area contributed by atoms with E-state index in [1.54, 1.807) is 51.1 Å². The second-order valence-electron chi connectivity index (χ2n) is 10.7. The Bertz CT molecular complexity index is 1810. The van der Waals surface area contributed by atoms with Crippen LogP contribution in [0.2, 0.25) is 0 Å². The number of aromatic nitrogens is 1. The minimum atomic E-state index is -4.03. The Morgan fingerprint density at radius 2 is 1.41 bits per heavy atom. The largest absolute Gasteiger partial charge is 0.444 e. The molecule has 1 fully saturated rings. The molecule has 2 heterocycles. The van der Waals surface area contributed by atoms with Crippen molar-refractivity contribution in [3.8, 4) is 11.1 Å². The Morgan fingerprint density at radius 3 is 2.02 bits per heavy atom. The molecule has 216 valence electrons. The van der Waals surface area contributed by atoms with Gasteiger partial charge in [-0.2, -0.15) is 4.31 Å². The average molecular weight is 600 g/mol. The maximum atomic E-state index is 14.2. The van der Waals surface area contributed by atoms with Gasteiger partial charge in [-0.3, -0.25) is 0 Å². The van der Waals surface area contributed by atoms with Crippen molar-refractivity contribution in [2.45, 2.75) is 36.2 Å². The number of carbonyl (C=O) groups excluding carboxylic acids is 1. The fourth-order valence-corrected chi connectivity index (χ4v) is 7.50. The number of sulfonamides is 1. The monoisotopic (exact) mass is 599 g/mol. The van der Waals surface area contributed by atoms with Crippen molar-refractivity contribution < 1.29 is 30.8 Å². The third-order valence-electron chi connectivity index (χ3n) is 6.73. The van der Waals surface area contributed by atoms with Crippen molar-refractivity contribution in [1.29, 1.82) is 0 Å². The van der Waals surface area contributed by atoms with Gasteiger partial charge in [0.15, 0.2) is 0 Å². The van der Waals surface area contributed by atoms with Crippen LogP contribution in [0.3, 0.4) is 0 Å². The second kappa shape index (κ2) is 10.6. The van der Waals surface area contributed by atoms with Crippen molar-refractivity contribution in [2.24, 2.45) is 0 Å². The Balaban J connectivity index is 1.42.